The average molecular weight is 574 g/mol. The molecule has 3 aromatic carbocycles. The molecule has 10 heteroatoms. The minimum atomic E-state index is -0.367. The minimum Gasteiger partial charge on any atom is -0.454 e. The minimum absolute atomic E-state index is 0.136. The summed E-state index contributed by atoms with van der Waals surface area (Å²) in [4.78, 5) is 41.8. The van der Waals surface area contributed by atoms with E-state index in [0.717, 1.165) is 10.6 Å². The van der Waals surface area contributed by atoms with Crippen molar-refractivity contribution in [1.82, 2.24) is 4.90 Å². The number of ether oxygens (including phenoxy) is 3. The number of thioether (sulfide) groups is 1. The normalized spacial score (nSPS) is 14.3. The number of hydrogen-bond donors (Lipinski definition) is 2. The molecule has 5 rings (SSSR count). The molecule has 0 spiro atoms. The standard InChI is InChI=1S/C31H31N3O6S/c1-19(2)20-5-8-22(9-6-20)32-27-28(31(37)34(30(27)36)15-4-16-38-3)41-24-12-10-23(11-13-24)33-29(35)21-7-14-25-26(17-21)40-18-39-25/h5-14,17,19,32H,4,15-16,18H2,1-3H3,(H,33,35). The van der Waals surface area contributed by atoms with Crippen molar-refractivity contribution >= 4 is 40.9 Å². The summed E-state index contributed by atoms with van der Waals surface area (Å²) in [5.41, 5.74) is 3.18. The second-order valence-corrected chi connectivity index (χ2v) is 10.9. The van der Waals surface area contributed by atoms with Gasteiger partial charge in [0.2, 0.25) is 6.79 Å². The fourth-order valence-electron chi connectivity index (χ4n) is 4.39. The maximum absolute atomic E-state index is 13.4. The Morgan fingerprint density at radius 1 is 0.951 bits per heavy atom. The monoisotopic (exact) mass is 573 g/mol. The number of nitrogens with zero attached hydrogens (tertiary/aromatic N) is 1. The summed E-state index contributed by atoms with van der Waals surface area (Å²) < 4.78 is 15.8. The van der Waals surface area contributed by atoms with Crippen molar-refractivity contribution in [2.45, 2.75) is 31.1 Å². The van der Waals surface area contributed by atoms with Crippen LogP contribution in [0.4, 0.5) is 11.4 Å². The smallest absolute Gasteiger partial charge is 0.278 e. The average Bonchev–Trinajstić information content (AvgIpc) is 3.53. The van der Waals surface area contributed by atoms with Crippen LogP contribution in [0, 0.1) is 0 Å². The van der Waals surface area contributed by atoms with Crippen LogP contribution in [-0.2, 0) is 14.3 Å². The third-order valence-corrected chi connectivity index (χ3v) is 7.76. The molecule has 3 aromatic rings. The maximum Gasteiger partial charge on any atom is 0.278 e. The van der Waals surface area contributed by atoms with Gasteiger partial charge in [0.1, 0.15) is 10.6 Å². The van der Waals surface area contributed by atoms with Gasteiger partial charge in [-0.15, -0.1) is 0 Å². The Morgan fingerprint density at radius 2 is 1.66 bits per heavy atom. The molecule has 41 heavy (non-hydrogen) atoms. The first-order valence-corrected chi connectivity index (χ1v) is 14.1. The molecule has 2 N–H and O–H groups in total. The first kappa shape index (κ1) is 28.3. The topological polar surface area (TPSA) is 106 Å². The van der Waals surface area contributed by atoms with Crippen molar-refractivity contribution in [2.24, 2.45) is 0 Å². The summed E-state index contributed by atoms with van der Waals surface area (Å²) >= 11 is 1.21. The number of benzene rings is 3. The zero-order chi connectivity index (χ0) is 28.9. The third kappa shape index (κ3) is 6.39. The molecule has 2 heterocycles. The predicted molar refractivity (Wildman–Crippen MR) is 157 cm³/mol. The highest BCUT2D eigenvalue weighted by Gasteiger charge is 2.38. The molecule has 0 aliphatic carbocycles. The SMILES string of the molecule is COCCCN1C(=O)C(Nc2ccc(C(C)C)cc2)=C(Sc2ccc(NC(=O)c3ccc4c(c3)OCO4)cc2)C1=O. The van der Waals surface area contributed by atoms with Gasteiger partial charge in [0.15, 0.2) is 11.5 Å². The highest BCUT2D eigenvalue weighted by molar-refractivity contribution is 8.04. The molecule has 0 atom stereocenters. The Hall–Kier alpha value is -4.28. The van der Waals surface area contributed by atoms with Gasteiger partial charge < -0.3 is 24.8 Å². The summed E-state index contributed by atoms with van der Waals surface area (Å²) in [5, 5.41) is 6.06. The van der Waals surface area contributed by atoms with Crippen LogP contribution in [0.25, 0.3) is 0 Å². The van der Waals surface area contributed by atoms with Crippen molar-refractivity contribution in [3.8, 4) is 11.5 Å². The molecule has 2 aliphatic rings. The van der Waals surface area contributed by atoms with Crippen molar-refractivity contribution < 1.29 is 28.6 Å². The molecule has 0 aromatic heterocycles. The maximum atomic E-state index is 13.4. The Labute approximate surface area is 242 Å². The number of methoxy groups -OCH3 is 1. The van der Waals surface area contributed by atoms with E-state index < -0.39 is 0 Å². The van der Waals surface area contributed by atoms with Gasteiger partial charge in [-0.3, -0.25) is 19.3 Å². The quantitative estimate of drug-likeness (QED) is 0.225. The Kier molecular flexibility index (Phi) is 8.61. The van der Waals surface area contributed by atoms with E-state index in [-0.39, 0.29) is 36.8 Å². The van der Waals surface area contributed by atoms with E-state index in [9.17, 15) is 14.4 Å². The van der Waals surface area contributed by atoms with E-state index in [0.29, 0.717) is 46.6 Å². The molecule has 0 unspecified atom stereocenters. The summed E-state index contributed by atoms with van der Waals surface area (Å²) in [6.07, 6.45) is 0.542. The fraction of sp³-hybridized carbons (Fsp3) is 0.258. The zero-order valence-electron chi connectivity index (χ0n) is 23.1. The lowest BCUT2D eigenvalue weighted by Gasteiger charge is -2.15. The lowest BCUT2D eigenvalue weighted by Crippen LogP contribution is -2.33. The lowest BCUT2D eigenvalue weighted by atomic mass is 10.0. The molecule has 0 radical (unpaired) electrons. The van der Waals surface area contributed by atoms with E-state index in [4.69, 9.17) is 14.2 Å². The summed E-state index contributed by atoms with van der Waals surface area (Å²) in [6, 6.07) is 20.0. The van der Waals surface area contributed by atoms with Gasteiger partial charge in [0.05, 0.1) is 0 Å². The second-order valence-electron chi connectivity index (χ2n) is 9.86. The van der Waals surface area contributed by atoms with Crippen molar-refractivity contribution in [2.75, 3.05) is 37.7 Å². The highest BCUT2D eigenvalue weighted by atomic mass is 32.2. The number of amides is 3. The molecule has 0 fully saturated rings. The second kappa shape index (κ2) is 12.5. The summed E-state index contributed by atoms with van der Waals surface area (Å²) in [5.74, 6) is 0.516. The van der Waals surface area contributed by atoms with E-state index in [1.807, 2.05) is 24.3 Å². The summed E-state index contributed by atoms with van der Waals surface area (Å²) in [7, 11) is 1.59. The van der Waals surface area contributed by atoms with Gasteiger partial charge in [0, 0.05) is 42.1 Å². The number of fused-ring (bicyclic) bond motifs is 1. The number of carbonyl (C=O) groups is 3. The molecule has 3 amide bonds. The predicted octanol–water partition coefficient (Wildman–Crippen LogP) is 5.61. The molecule has 9 nitrogen and oxygen atoms in total. The van der Waals surface area contributed by atoms with Crippen LogP contribution in [0.2, 0.25) is 0 Å². The lowest BCUT2D eigenvalue weighted by molar-refractivity contribution is -0.137. The van der Waals surface area contributed by atoms with Crippen LogP contribution in [0.15, 0.2) is 82.2 Å². The van der Waals surface area contributed by atoms with Gasteiger partial charge in [-0.25, -0.2) is 0 Å². The van der Waals surface area contributed by atoms with Crippen molar-refractivity contribution in [1.29, 1.82) is 0 Å². The van der Waals surface area contributed by atoms with Crippen LogP contribution in [0.3, 0.4) is 0 Å². The molecule has 0 bridgehead atoms. The van der Waals surface area contributed by atoms with Crippen LogP contribution in [0.1, 0.15) is 42.1 Å². The van der Waals surface area contributed by atoms with Crippen LogP contribution >= 0.6 is 11.8 Å². The number of nitrogens with one attached hydrogen (secondary N) is 2. The molecule has 2 aliphatic heterocycles. The number of rotatable bonds is 11. The zero-order valence-corrected chi connectivity index (χ0v) is 23.9. The van der Waals surface area contributed by atoms with Gasteiger partial charge in [0.25, 0.3) is 17.7 Å². The van der Waals surface area contributed by atoms with Crippen molar-refractivity contribution in [3.63, 3.8) is 0 Å². The van der Waals surface area contributed by atoms with E-state index in [1.54, 1.807) is 49.6 Å². The van der Waals surface area contributed by atoms with Gasteiger partial charge in [-0.1, -0.05) is 37.7 Å². The van der Waals surface area contributed by atoms with Crippen LogP contribution in [0.5, 0.6) is 11.5 Å². The molecule has 0 saturated heterocycles. The highest BCUT2D eigenvalue weighted by Crippen LogP contribution is 2.37. The van der Waals surface area contributed by atoms with Gasteiger partial charge in [-0.05, 0) is 72.5 Å². The third-order valence-electron chi connectivity index (χ3n) is 6.67. The van der Waals surface area contributed by atoms with Crippen LogP contribution in [-0.4, -0.2) is 49.7 Å². The summed E-state index contributed by atoms with van der Waals surface area (Å²) in [6.45, 7) is 5.07. The van der Waals surface area contributed by atoms with Crippen LogP contribution < -0.4 is 20.1 Å². The number of anilines is 2. The Bertz CT molecular complexity index is 1480. The molecule has 212 valence electrons. The van der Waals surface area contributed by atoms with E-state index in [1.165, 1.54) is 22.2 Å². The van der Waals surface area contributed by atoms with Gasteiger partial charge >= 0.3 is 0 Å². The van der Waals surface area contributed by atoms with Crippen molar-refractivity contribution in [3.05, 3.63) is 88.5 Å². The Balaban J connectivity index is 1.32. The first-order valence-electron chi connectivity index (χ1n) is 13.3. The number of hydrogen-bond acceptors (Lipinski definition) is 8. The number of imide groups is 1. The molecular formula is C31H31N3O6S. The number of carbonyl (C=O) groups excluding carboxylic acids is 3. The Morgan fingerprint density at radius 3 is 2.37 bits per heavy atom. The van der Waals surface area contributed by atoms with E-state index >= 15 is 0 Å². The fourth-order valence-corrected chi connectivity index (χ4v) is 5.34. The molecule has 0 saturated carbocycles. The first-order chi connectivity index (χ1) is 19.8. The van der Waals surface area contributed by atoms with E-state index in [2.05, 4.69) is 24.5 Å². The van der Waals surface area contributed by atoms with Gasteiger partial charge in [-0.2, -0.15) is 0 Å². The largest absolute Gasteiger partial charge is 0.454 e. The molecular weight excluding hydrogens is 542 g/mol.